The van der Waals surface area contributed by atoms with Gasteiger partial charge in [0, 0.05) is 39.0 Å². The van der Waals surface area contributed by atoms with Crippen LogP contribution in [-0.2, 0) is 33.7 Å². The van der Waals surface area contributed by atoms with Crippen LogP contribution in [0.5, 0.6) is 0 Å². The fourth-order valence-corrected chi connectivity index (χ4v) is 4.87. The molecule has 2 aromatic rings. The highest BCUT2D eigenvalue weighted by Crippen LogP contribution is 2.29. The Bertz CT molecular complexity index is 936. The first kappa shape index (κ1) is 23.7. The van der Waals surface area contributed by atoms with E-state index in [0.717, 1.165) is 68.4 Å². The molecule has 1 aromatic heterocycles. The van der Waals surface area contributed by atoms with E-state index >= 15 is 0 Å². The largest absolute Gasteiger partial charge is 0.480 e. The van der Waals surface area contributed by atoms with Crippen molar-refractivity contribution in [2.45, 2.75) is 57.3 Å². The maximum absolute atomic E-state index is 12.1. The van der Waals surface area contributed by atoms with E-state index in [1.807, 2.05) is 29.2 Å². The smallest absolute Gasteiger partial charge is 0.325 e. The highest BCUT2D eigenvalue weighted by molar-refractivity contribution is 5.76. The molecule has 1 unspecified atom stereocenters. The molecule has 3 heterocycles. The second kappa shape index (κ2) is 11.6. The van der Waals surface area contributed by atoms with Gasteiger partial charge in [0.2, 0.25) is 0 Å². The molecule has 0 bridgehead atoms. The van der Waals surface area contributed by atoms with Gasteiger partial charge in [-0.2, -0.15) is 0 Å². The number of methoxy groups -OCH3 is 1. The van der Waals surface area contributed by atoms with Gasteiger partial charge in [-0.3, -0.25) is 14.7 Å². The van der Waals surface area contributed by atoms with Crippen LogP contribution < -0.4 is 5.32 Å². The van der Waals surface area contributed by atoms with Crippen molar-refractivity contribution in [1.29, 1.82) is 0 Å². The van der Waals surface area contributed by atoms with Crippen LogP contribution in [0, 0.1) is 0 Å². The fraction of sp³-hybridized carbons (Fsp3) is 0.538. The number of pyridine rings is 1. The SMILES string of the molecule is COCc1ccccc1C(C(=O)O)N1CC[C@@H](OCCCCc2ccc3c(n2)CCCN3)C1. The zero-order valence-corrected chi connectivity index (χ0v) is 19.5. The Morgan fingerprint density at radius 3 is 3.00 bits per heavy atom. The van der Waals surface area contributed by atoms with Gasteiger partial charge in [0.05, 0.1) is 24.1 Å². The van der Waals surface area contributed by atoms with E-state index in [0.29, 0.717) is 19.8 Å². The zero-order chi connectivity index (χ0) is 23.0. The van der Waals surface area contributed by atoms with Crippen molar-refractivity contribution in [3.05, 3.63) is 58.9 Å². The number of benzene rings is 1. The first-order chi connectivity index (χ1) is 16.2. The van der Waals surface area contributed by atoms with Crippen LogP contribution in [0.2, 0.25) is 0 Å². The molecule has 2 atom stereocenters. The van der Waals surface area contributed by atoms with Crippen LogP contribution >= 0.6 is 0 Å². The lowest BCUT2D eigenvalue weighted by molar-refractivity contribution is -0.143. The minimum Gasteiger partial charge on any atom is -0.480 e. The molecule has 0 saturated carbocycles. The summed E-state index contributed by atoms with van der Waals surface area (Å²) in [5.74, 6) is -0.827. The number of carbonyl (C=O) groups is 1. The van der Waals surface area contributed by atoms with Crippen molar-refractivity contribution in [3.63, 3.8) is 0 Å². The molecule has 1 aromatic carbocycles. The number of aryl methyl sites for hydroxylation is 2. The first-order valence-corrected chi connectivity index (χ1v) is 12.0. The van der Waals surface area contributed by atoms with Gasteiger partial charge in [-0.15, -0.1) is 0 Å². The zero-order valence-electron chi connectivity index (χ0n) is 19.5. The number of hydrogen-bond acceptors (Lipinski definition) is 6. The van der Waals surface area contributed by atoms with Gasteiger partial charge >= 0.3 is 5.97 Å². The number of likely N-dealkylation sites (tertiary alicyclic amines) is 1. The Morgan fingerprint density at radius 2 is 2.15 bits per heavy atom. The number of aromatic nitrogens is 1. The van der Waals surface area contributed by atoms with E-state index in [4.69, 9.17) is 14.5 Å². The molecular weight excluding hydrogens is 418 g/mol. The van der Waals surface area contributed by atoms with Crippen LogP contribution in [0.4, 0.5) is 5.69 Å². The molecule has 4 rings (SSSR count). The van der Waals surface area contributed by atoms with Gasteiger partial charge in [-0.25, -0.2) is 0 Å². The first-order valence-electron chi connectivity index (χ1n) is 12.0. The summed E-state index contributed by atoms with van der Waals surface area (Å²) in [7, 11) is 1.63. The number of carboxylic acid groups (broad SMARTS) is 1. The third-order valence-electron chi connectivity index (χ3n) is 6.54. The number of anilines is 1. The van der Waals surface area contributed by atoms with Crippen molar-refractivity contribution in [2.75, 3.05) is 38.7 Å². The highest BCUT2D eigenvalue weighted by Gasteiger charge is 2.35. The quantitative estimate of drug-likeness (QED) is 0.500. The predicted octanol–water partition coefficient (Wildman–Crippen LogP) is 3.83. The van der Waals surface area contributed by atoms with Crippen LogP contribution in [-0.4, -0.2) is 60.4 Å². The van der Waals surface area contributed by atoms with Crippen molar-refractivity contribution < 1.29 is 19.4 Å². The number of carboxylic acids is 1. The molecule has 0 aliphatic carbocycles. The summed E-state index contributed by atoms with van der Waals surface area (Å²) in [6.07, 6.45) is 6.13. The molecule has 2 aliphatic rings. The van der Waals surface area contributed by atoms with Crippen molar-refractivity contribution in [1.82, 2.24) is 9.88 Å². The Hall–Kier alpha value is -2.48. The Morgan fingerprint density at radius 1 is 1.27 bits per heavy atom. The van der Waals surface area contributed by atoms with Gasteiger partial charge in [0.15, 0.2) is 0 Å². The molecule has 33 heavy (non-hydrogen) atoms. The number of aliphatic carboxylic acids is 1. The number of hydrogen-bond donors (Lipinski definition) is 2. The number of nitrogens with zero attached hydrogens (tertiary/aromatic N) is 2. The normalized spacial score (nSPS) is 19.1. The lowest BCUT2D eigenvalue weighted by Crippen LogP contribution is -2.34. The minimum atomic E-state index is -0.827. The summed E-state index contributed by atoms with van der Waals surface area (Å²) < 4.78 is 11.4. The monoisotopic (exact) mass is 453 g/mol. The molecule has 178 valence electrons. The van der Waals surface area contributed by atoms with Crippen LogP contribution in [0.3, 0.4) is 0 Å². The molecular formula is C26H35N3O4. The van der Waals surface area contributed by atoms with Gasteiger partial charge in [0.1, 0.15) is 6.04 Å². The molecule has 1 fully saturated rings. The average Bonchev–Trinajstić information content (AvgIpc) is 3.28. The summed E-state index contributed by atoms with van der Waals surface area (Å²) in [4.78, 5) is 19.0. The number of rotatable bonds is 11. The lowest BCUT2D eigenvalue weighted by atomic mass is 9.99. The van der Waals surface area contributed by atoms with Gasteiger partial charge in [0.25, 0.3) is 0 Å². The third-order valence-corrected chi connectivity index (χ3v) is 6.54. The molecule has 0 spiro atoms. The van der Waals surface area contributed by atoms with E-state index in [-0.39, 0.29) is 6.10 Å². The van der Waals surface area contributed by atoms with E-state index in [2.05, 4.69) is 17.4 Å². The van der Waals surface area contributed by atoms with E-state index < -0.39 is 12.0 Å². The molecule has 7 nitrogen and oxygen atoms in total. The van der Waals surface area contributed by atoms with Crippen LogP contribution in [0.25, 0.3) is 0 Å². The topological polar surface area (TPSA) is 83.9 Å². The van der Waals surface area contributed by atoms with Gasteiger partial charge in [-0.1, -0.05) is 24.3 Å². The van der Waals surface area contributed by atoms with Crippen molar-refractivity contribution in [2.24, 2.45) is 0 Å². The summed E-state index contributed by atoms with van der Waals surface area (Å²) in [6.45, 7) is 3.50. The molecule has 0 radical (unpaired) electrons. The van der Waals surface area contributed by atoms with Crippen LogP contribution in [0.15, 0.2) is 36.4 Å². The molecule has 0 amide bonds. The number of ether oxygens (including phenoxy) is 2. The summed E-state index contributed by atoms with van der Waals surface area (Å²) in [6, 6.07) is 11.3. The maximum Gasteiger partial charge on any atom is 0.325 e. The fourth-order valence-electron chi connectivity index (χ4n) is 4.87. The number of unbranched alkanes of at least 4 members (excludes halogenated alkanes) is 1. The molecule has 1 saturated heterocycles. The summed E-state index contributed by atoms with van der Waals surface area (Å²) in [5, 5.41) is 13.4. The highest BCUT2D eigenvalue weighted by atomic mass is 16.5. The lowest BCUT2D eigenvalue weighted by Gasteiger charge is -2.26. The Balaban J connectivity index is 1.23. The minimum absolute atomic E-state index is 0.0781. The Kier molecular flexibility index (Phi) is 8.31. The maximum atomic E-state index is 12.1. The molecule has 2 N–H and O–H groups in total. The van der Waals surface area contributed by atoms with Crippen molar-refractivity contribution >= 4 is 11.7 Å². The van der Waals surface area contributed by atoms with Gasteiger partial charge < -0.3 is 19.9 Å². The van der Waals surface area contributed by atoms with E-state index in [9.17, 15) is 9.90 Å². The van der Waals surface area contributed by atoms with Crippen molar-refractivity contribution in [3.8, 4) is 0 Å². The average molecular weight is 454 g/mol. The van der Waals surface area contributed by atoms with E-state index in [1.165, 1.54) is 11.4 Å². The van der Waals surface area contributed by atoms with E-state index in [1.54, 1.807) is 7.11 Å². The van der Waals surface area contributed by atoms with Gasteiger partial charge in [-0.05, 0) is 61.8 Å². The third kappa shape index (κ3) is 6.10. The number of nitrogens with one attached hydrogen (secondary N) is 1. The standard InChI is InChI=1S/C26H35N3O4/c1-32-18-19-7-2-3-9-22(19)25(26(30)31)29-15-13-21(17-29)33-16-5-4-8-20-11-12-23-24(28-20)10-6-14-27-23/h2-3,7,9,11-12,21,25,27H,4-6,8,10,13-18H2,1H3,(H,30,31)/t21-,25?/m1/s1. The number of fused-ring (bicyclic) bond motifs is 1. The second-order valence-corrected chi connectivity index (χ2v) is 8.93. The second-order valence-electron chi connectivity index (χ2n) is 8.93. The molecule has 2 aliphatic heterocycles. The summed E-state index contributed by atoms with van der Waals surface area (Å²) >= 11 is 0. The van der Waals surface area contributed by atoms with Crippen LogP contribution in [0.1, 0.15) is 54.2 Å². The Labute approximate surface area is 196 Å². The summed E-state index contributed by atoms with van der Waals surface area (Å²) in [5.41, 5.74) is 5.26. The molecule has 7 heteroatoms. The predicted molar refractivity (Wildman–Crippen MR) is 127 cm³/mol.